The largest absolute Gasteiger partial charge is 0.496 e. The highest BCUT2D eigenvalue weighted by atomic mass is 16.5. The Bertz CT molecular complexity index is 678. The molecule has 1 saturated carbocycles. The van der Waals surface area contributed by atoms with Crippen LogP contribution in [0.5, 0.6) is 5.75 Å². The Balaban J connectivity index is 1.51. The second-order valence-corrected chi connectivity index (χ2v) is 6.09. The van der Waals surface area contributed by atoms with Gasteiger partial charge >= 0.3 is 0 Å². The van der Waals surface area contributed by atoms with Gasteiger partial charge in [0.25, 0.3) is 5.91 Å². The Morgan fingerprint density at radius 3 is 2.88 bits per heavy atom. The maximum atomic E-state index is 12.2. The number of ether oxygens (including phenoxy) is 1. The Labute approximate surface area is 141 Å². The van der Waals surface area contributed by atoms with Crippen LogP contribution < -0.4 is 10.1 Å². The van der Waals surface area contributed by atoms with Crippen LogP contribution in [0.15, 0.2) is 28.8 Å². The van der Waals surface area contributed by atoms with E-state index in [9.17, 15) is 4.79 Å². The molecule has 1 N–H and O–H groups in total. The second kappa shape index (κ2) is 7.95. The molecule has 1 aliphatic rings. The van der Waals surface area contributed by atoms with Crippen molar-refractivity contribution in [1.29, 1.82) is 0 Å². The molecule has 0 radical (unpaired) electrons. The highest BCUT2D eigenvalue weighted by molar-refractivity contribution is 5.96. The van der Waals surface area contributed by atoms with Crippen molar-refractivity contribution < 1.29 is 14.1 Å². The minimum absolute atomic E-state index is 0.167. The lowest BCUT2D eigenvalue weighted by Gasteiger charge is -2.17. The molecule has 0 bridgehead atoms. The summed E-state index contributed by atoms with van der Waals surface area (Å²) < 4.78 is 10.5. The van der Waals surface area contributed by atoms with Gasteiger partial charge in [0.15, 0.2) is 5.82 Å². The standard InChI is InChI=1S/C18H23N3O3/c1-23-15-10-6-5-9-14(15)18(22)19-12-11-16-20-17(21-24-16)13-7-3-2-4-8-13/h5-6,9-10,13H,2-4,7-8,11-12H2,1H3,(H,19,22). The van der Waals surface area contributed by atoms with Gasteiger partial charge in [0, 0.05) is 18.9 Å². The number of carbonyl (C=O) groups excluding carboxylic acids is 1. The summed E-state index contributed by atoms with van der Waals surface area (Å²) in [6, 6.07) is 7.15. The van der Waals surface area contributed by atoms with Gasteiger partial charge in [0.1, 0.15) is 5.75 Å². The maximum absolute atomic E-state index is 12.2. The molecule has 3 rings (SSSR count). The number of hydrogen-bond donors (Lipinski definition) is 1. The van der Waals surface area contributed by atoms with Gasteiger partial charge in [-0.1, -0.05) is 36.6 Å². The average Bonchev–Trinajstić information content (AvgIpc) is 3.11. The first-order chi connectivity index (χ1) is 11.8. The summed E-state index contributed by atoms with van der Waals surface area (Å²) in [6.07, 6.45) is 6.59. The average molecular weight is 329 g/mol. The molecule has 6 heteroatoms. The summed E-state index contributed by atoms with van der Waals surface area (Å²) in [5, 5.41) is 6.97. The number of carbonyl (C=O) groups is 1. The van der Waals surface area contributed by atoms with Gasteiger partial charge in [0.05, 0.1) is 12.7 Å². The molecular weight excluding hydrogens is 306 g/mol. The van der Waals surface area contributed by atoms with E-state index in [4.69, 9.17) is 9.26 Å². The highest BCUT2D eigenvalue weighted by Gasteiger charge is 2.20. The number of hydrogen-bond acceptors (Lipinski definition) is 5. The molecule has 0 unspecified atom stereocenters. The van der Waals surface area contributed by atoms with E-state index in [0.717, 1.165) is 18.7 Å². The first-order valence-electron chi connectivity index (χ1n) is 8.51. The molecule has 2 aromatic rings. The Hall–Kier alpha value is -2.37. The fourth-order valence-electron chi connectivity index (χ4n) is 3.11. The van der Waals surface area contributed by atoms with Crippen LogP contribution in [0.4, 0.5) is 0 Å². The Morgan fingerprint density at radius 1 is 1.29 bits per heavy atom. The normalized spacial score (nSPS) is 15.2. The topological polar surface area (TPSA) is 77.2 Å². The molecule has 0 spiro atoms. The molecule has 1 aliphatic carbocycles. The SMILES string of the molecule is COc1ccccc1C(=O)NCCc1nc(C2CCCCC2)no1. The van der Waals surface area contributed by atoms with Gasteiger partial charge in [-0.15, -0.1) is 0 Å². The summed E-state index contributed by atoms with van der Waals surface area (Å²) in [5.41, 5.74) is 0.522. The number of nitrogens with zero attached hydrogens (tertiary/aromatic N) is 2. The van der Waals surface area contributed by atoms with Crippen molar-refractivity contribution in [3.05, 3.63) is 41.5 Å². The molecule has 6 nitrogen and oxygen atoms in total. The van der Waals surface area contributed by atoms with E-state index in [0.29, 0.717) is 36.1 Å². The molecule has 1 amide bonds. The van der Waals surface area contributed by atoms with E-state index in [-0.39, 0.29) is 5.91 Å². The van der Waals surface area contributed by atoms with Crippen molar-refractivity contribution in [2.45, 2.75) is 44.4 Å². The van der Waals surface area contributed by atoms with E-state index in [1.165, 1.54) is 19.3 Å². The van der Waals surface area contributed by atoms with Gasteiger partial charge < -0.3 is 14.6 Å². The number of aromatic nitrogens is 2. The fourth-order valence-corrected chi connectivity index (χ4v) is 3.11. The molecule has 24 heavy (non-hydrogen) atoms. The predicted molar refractivity (Wildman–Crippen MR) is 89.2 cm³/mol. The van der Waals surface area contributed by atoms with E-state index in [1.54, 1.807) is 19.2 Å². The van der Waals surface area contributed by atoms with Crippen molar-refractivity contribution in [3.63, 3.8) is 0 Å². The van der Waals surface area contributed by atoms with Crippen LogP contribution in [-0.4, -0.2) is 29.7 Å². The Kier molecular flexibility index (Phi) is 5.46. The van der Waals surface area contributed by atoms with E-state index in [1.807, 2.05) is 12.1 Å². The third-order valence-corrected chi connectivity index (χ3v) is 4.43. The molecule has 1 aromatic carbocycles. The predicted octanol–water partition coefficient (Wildman–Crippen LogP) is 3.10. The van der Waals surface area contributed by atoms with Gasteiger partial charge in [-0.3, -0.25) is 4.79 Å². The van der Waals surface area contributed by atoms with Crippen LogP contribution in [0.25, 0.3) is 0 Å². The van der Waals surface area contributed by atoms with Crippen LogP contribution >= 0.6 is 0 Å². The molecule has 0 aliphatic heterocycles. The van der Waals surface area contributed by atoms with Crippen LogP contribution in [0, 0.1) is 0 Å². The monoisotopic (exact) mass is 329 g/mol. The lowest BCUT2D eigenvalue weighted by Crippen LogP contribution is -2.26. The van der Waals surface area contributed by atoms with Crippen molar-refractivity contribution >= 4 is 5.91 Å². The molecule has 0 atom stereocenters. The van der Waals surface area contributed by atoms with E-state index >= 15 is 0 Å². The molecule has 128 valence electrons. The number of nitrogens with one attached hydrogen (secondary N) is 1. The van der Waals surface area contributed by atoms with Crippen molar-refractivity contribution in [1.82, 2.24) is 15.5 Å². The van der Waals surface area contributed by atoms with Crippen molar-refractivity contribution in [2.24, 2.45) is 0 Å². The summed E-state index contributed by atoms with van der Waals surface area (Å²) in [7, 11) is 1.55. The third-order valence-electron chi connectivity index (χ3n) is 4.43. The zero-order chi connectivity index (χ0) is 16.8. The van der Waals surface area contributed by atoms with Gasteiger partial charge in [-0.05, 0) is 25.0 Å². The summed E-state index contributed by atoms with van der Waals surface area (Å²) in [6.45, 7) is 0.448. The zero-order valence-corrected chi connectivity index (χ0v) is 14.0. The molecule has 0 saturated heterocycles. The first-order valence-corrected chi connectivity index (χ1v) is 8.51. The number of benzene rings is 1. The Morgan fingerprint density at radius 2 is 2.08 bits per heavy atom. The number of rotatable bonds is 6. The quantitative estimate of drug-likeness (QED) is 0.881. The maximum Gasteiger partial charge on any atom is 0.255 e. The van der Waals surface area contributed by atoms with Crippen LogP contribution in [0.1, 0.15) is 60.1 Å². The summed E-state index contributed by atoms with van der Waals surface area (Å²) >= 11 is 0. The van der Waals surface area contributed by atoms with Crippen molar-refractivity contribution in [2.75, 3.05) is 13.7 Å². The molecule has 1 aromatic heterocycles. The minimum atomic E-state index is -0.167. The number of amides is 1. The van der Waals surface area contributed by atoms with Gasteiger partial charge in [-0.25, -0.2) is 0 Å². The van der Waals surface area contributed by atoms with E-state index < -0.39 is 0 Å². The second-order valence-electron chi connectivity index (χ2n) is 6.09. The first kappa shape index (κ1) is 16.5. The smallest absolute Gasteiger partial charge is 0.255 e. The van der Waals surface area contributed by atoms with Gasteiger partial charge in [-0.2, -0.15) is 4.98 Å². The molecule has 1 heterocycles. The summed E-state index contributed by atoms with van der Waals surface area (Å²) in [5.74, 6) is 2.22. The van der Waals surface area contributed by atoms with Crippen LogP contribution in [0.2, 0.25) is 0 Å². The summed E-state index contributed by atoms with van der Waals surface area (Å²) in [4.78, 5) is 16.7. The zero-order valence-electron chi connectivity index (χ0n) is 14.0. The lowest BCUT2D eigenvalue weighted by atomic mass is 9.89. The molecular formula is C18H23N3O3. The van der Waals surface area contributed by atoms with E-state index in [2.05, 4.69) is 15.5 Å². The number of para-hydroxylation sites is 1. The van der Waals surface area contributed by atoms with Gasteiger partial charge in [0.2, 0.25) is 5.89 Å². The molecule has 1 fully saturated rings. The fraction of sp³-hybridized carbons (Fsp3) is 0.500. The highest BCUT2D eigenvalue weighted by Crippen LogP contribution is 2.30. The number of methoxy groups -OCH3 is 1. The third kappa shape index (κ3) is 3.93. The lowest BCUT2D eigenvalue weighted by molar-refractivity contribution is 0.0950. The van der Waals surface area contributed by atoms with Crippen molar-refractivity contribution in [3.8, 4) is 5.75 Å². The van der Waals surface area contributed by atoms with Crippen LogP contribution in [0.3, 0.4) is 0 Å². The van der Waals surface area contributed by atoms with Crippen LogP contribution in [-0.2, 0) is 6.42 Å². The minimum Gasteiger partial charge on any atom is -0.496 e.